The Morgan fingerprint density at radius 1 is 1.73 bits per heavy atom. The van der Waals surface area contributed by atoms with Crippen LogP contribution >= 0.6 is 15.9 Å². The smallest absolute Gasteiger partial charge is 0.253 e. The zero-order valence-corrected chi connectivity index (χ0v) is 9.91. The minimum absolute atomic E-state index is 0.298. The van der Waals surface area contributed by atoms with Crippen LogP contribution in [0.3, 0.4) is 0 Å². The molecule has 0 aliphatic rings. The Morgan fingerprint density at radius 3 is 2.93 bits per heavy atom. The number of aromatic nitrogens is 1. The maximum atomic E-state index is 11.2. The van der Waals surface area contributed by atoms with Crippen LogP contribution in [0.2, 0.25) is 0 Å². The molecule has 0 bridgehead atoms. The molecule has 0 radical (unpaired) electrons. The number of ether oxygens (including phenoxy) is 1. The van der Waals surface area contributed by atoms with Crippen molar-refractivity contribution in [3.8, 4) is 5.88 Å². The number of aliphatic hydroxyl groups excluding tert-OH is 1. The molecule has 1 aromatic heterocycles. The fourth-order valence-electron chi connectivity index (χ4n) is 0.916. The summed E-state index contributed by atoms with van der Waals surface area (Å²) in [5.74, 6) is -0.208. The molecule has 0 aliphatic carbocycles. The maximum Gasteiger partial charge on any atom is 0.253 e. The first kappa shape index (κ1) is 11.9. The lowest BCUT2D eigenvalue weighted by Gasteiger charge is -2.10. The molecular formula is C9H11BrN2O3. The van der Waals surface area contributed by atoms with E-state index in [0.29, 0.717) is 16.0 Å². The van der Waals surface area contributed by atoms with E-state index < -0.39 is 12.0 Å². The van der Waals surface area contributed by atoms with E-state index in [9.17, 15) is 4.79 Å². The van der Waals surface area contributed by atoms with Crippen LogP contribution in [-0.4, -0.2) is 29.2 Å². The van der Waals surface area contributed by atoms with Crippen LogP contribution in [0.1, 0.15) is 6.92 Å². The van der Waals surface area contributed by atoms with Gasteiger partial charge in [-0.3, -0.25) is 4.79 Å². The minimum Gasteiger partial charge on any atom is -0.480 e. The van der Waals surface area contributed by atoms with Crippen LogP contribution in [-0.2, 0) is 4.79 Å². The lowest BCUT2D eigenvalue weighted by Crippen LogP contribution is -2.24. The van der Waals surface area contributed by atoms with Crippen molar-refractivity contribution < 1.29 is 14.6 Å². The van der Waals surface area contributed by atoms with E-state index in [0.717, 1.165) is 0 Å². The number of methoxy groups -OCH3 is 1. The summed E-state index contributed by atoms with van der Waals surface area (Å²) in [6.45, 7) is 1.38. The van der Waals surface area contributed by atoms with E-state index in [-0.39, 0.29) is 0 Å². The molecule has 1 rings (SSSR count). The highest BCUT2D eigenvalue weighted by Gasteiger charge is 2.12. The van der Waals surface area contributed by atoms with Gasteiger partial charge in [0.15, 0.2) is 0 Å². The van der Waals surface area contributed by atoms with E-state index in [4.69, 9.17) is 9.84 Å². The van der Waals surface area contributed by atoms with Gasteiger partial charge in [-0.25, -0.2) is 4.98 Å². The van der Waals surface area contributed by atoms with Gasteiger partial charge in [-0.05, 0) is 28.9 Å². The van der Waals surface area contributed by atoms with Gasteiger partial charge in [0.2, 0.25) is 5.88 Å². The molecule has 15 heavy (non-hydrogen) atoms. The molecular weight excluding hydrogens is 264 g/mol. The van der Waals surface area contributed by atoms with Crippen molar-refractivity contribution in [3.63, 3.8) is 0 Å². The maximum absolute atomic E-state index is 11.2. The minimum atomic E-state index is -1.08. The fourth-order valence-corrected chi connectivity index (χ4v) is 1.25. The lowest BCUT2D eigenvalue weighted by molar-refractivity contribution is -0.123. The van der Waals surface area contributed by atoms with Crippen molar-refractivity contribution in [1.29, 1.82) is 0 Å². The molecule has 82 valence electrons. The molecule has 2 N–H and O–H groups in total. The van der Waals surface area contributed by atoms with Gasteiger partial charge in [0.25, 0.3) is 5.91 Å². The fraction of sp³-hybridized carbons (Fsp3) is 0.333. The number of halogens is 1. The average Bonchev–Trinajstić information content (AvgIpc) is 2.18. The number of nitrogens with one attached hydrogen (secondary N) is 1. The Morgan fingerprint density at radius 2 is 2.40 bits per heavy atom. The van der Waals surface area contributed by atoms with Gasteiger partial charge in [-0.2, -0.15) is 0 Å². The molecule has 5 nitrogen and oxygen atoms in total. The third kappa shape index (κ3) is 3.17. The predicted octanol–water partition coefficient (Wildman–Crippen LogP) is 1.17. The molecule has 1 aromatic rings. The Balaban J connectivity index is 2.92. The summed E-state index contributed by atoms with van der Waals surface area (Å²) < 4.78 is 5.66. The molecule has 0 saturated carbocycles. The second kappa shape index (κ2) is 5.09. The second-order valence-electron chi connectivity index (χ2n) is 2.88. The number of nitrogens with zero attached hydrogens (tertiary/aromatic N) is 1. The van der Waals surface area contributed by atoms with Crippen molar-refractivity contribution in [3.05, 3.63) is 16.7 Å². The number of amides is 1. The molecule has 1 amide bonds. The monoisotopic (exact) mass is 274 g/mol. The quantitative estimate of drug-likeness (QED) is 0.868. The van der Waals surface area contributed by atoms with Crippen LogP contribution in [0.25, 0.3) is 0 Å². The summed E-state index contributed by atoms with van der Waals surface area (Å²) >= 11 is 3.22. The highest BCUT2D eigenvalue weighted by Crippen LogP contribution is 2.24. The lowest BCUT2D eigenvalue weighted by atomic mass is 10.3. The number of carbonyl (C=O) groups excluding carboxylic acids is 1. The number of hydrogen-bond donors (Lipinski definition) is 2. The number of rotatable bonds is 3. The SMILES string of the molecule is COc1ncc(Br)cc1NC(=O)C(C)O. The van der Waals surface area contributed by atoms with Crippen LogP contribution in [0, 0.1) is 0 Å². The first-order chi connectivity index (χ1) is 7.04. The van der Waals surface area contributed by atoms with Gasteiger partial charge in [0.1, 0.15) is 11.8 Å². The Bertz CT molecular complexity index is 368. The largest absolute Gasteiger partial charge is 0.480 e. The summed E-state index contributed by atoms with van der Waals surface area (Å²) in [4.78, 5) is 15.2. The van der Waals surface area contributed by atoms with Crippen LogP contribution < -0.4 is 10.1 Å². The summed E-state index contributed by atoms with van der Waals surface area (Å²) in [7, 11) is 1.45. The van der Waals surface area contributed by atoms with Crippen molar-refractivity contribution >= 4 is 27.5 Å². The molecule has 0 saturated heterocycles. The van der Waals surface area contributed by atoms with Crippen molar-refractivity contribution in [2.75, 3.05) is 12.4 Å². The van der Waals surface area contributed by atoms with Gasteiger partial charge in [-0.15, -0.1) is 0 Å². The molecule has 0 aliphatic heterocycles. The van der Waals surface area contributed by atoms with E-state index in [1.165, 1.54) is 14.0 Å². The van der Waals surface area contributed by atoms with E-state index in [2.05, 4.69) is 26.2 Å². The van der Waals surface area contributed by atoms with Gasteiger partial charge in [0.05, 0.1) is 7.11 Å². The van der Waals surface area contributed by atoms with E-state index in [1.807, 2.05) is 0 Å². The Hall–Kier alpha value is -1.14. The summed E-state index contributed by atoms with van der Waals surface area (Å²) in [6, 6.07) is 1.64. The molecule has 0 aromatic carbocycles. The Labute approximate surface area is 95.6 Å². The van der Waals surface area contributed by atoms with Crippen LogP contribution in [0.15, 0.2) is 16.7 Å². The number of aliphatic hydroxyl groups is 1. The third-order valence-electron chi connectivity index (χ3n) is 1.65. The first-order valence-corrected chi connectivity index (χ1v) is 5.02. The first-order valence-electron chi connectivity index (χ1n) is 4.23. The number of pyridine rings is 1. The highest BCUT2D eigenvalue weighted by molar-refractivity contribution is 9.10. The second-order valence-corrected chi connectivity index (χ2v) is 3.79. The van der Waals surface area contributed by atoms with E-state index >= 15 is 0 Å². The highest BCUT2D eigenvalue weighted by atomic mass is 79.9. The Kier molecular flexibility index (Phi) is 4.05. The number of hydrogen-bond acceptors (Lipinski definition) is 4. The van der Waals surface area contributed by atoms with Crippen molar-refractivity contribution in [2.45, 2.75) is 13.0 Å². The molecule has 0 fully saturated rings. The van der Waals surface area contributed by atoms with Crippen LogP contribution in [0.5, 0.6) is 5.88 Å². The standard InChI is InChI=1S/C9H11BrN2O3/c1-5(13)8(14)12-7-3-6(10)4-11-9(7)15-2/h3-5,13H,1-2H3,(H,12,14). The molecule has 6 heteroatoms. The molecule has 0 spiro atoms. The molecule has 1 heterocycles. The average molecular weight is 275 g/mol. The molecule has 1 atom stereocenters. The topological polar surface area (TPSA) is 71.5 Å². The summed E-state index contributed by atoms with van der Waals surface area (Å²) in [5, 5.41) is 11.5. The van der Waals surface area contributed by atoms with Gasteiger partial charge >= 0.3 is 0 Å². The van der Waals surface area contributed by atoms with Gasteiger partial charge < -0.3 is 15.2 Å². The van der Waals surface area contributed by atoms with Gasteiger partial charge in [-0.1, -0.05) is 0 Å². The zero-order valence-electron chi connectivity index (χ0n) is 8.32. The van der Waals surface area contributed by atoms with Gasteiger partial charge in [0, 0.05) is 10.7 Å². The van der Waals surface area contributed by atoms with Crippen molar-refractivity contribution in [2.24, 2.45) is 0 Å². The number of carbonyl (C=O) groups is 1. The summed E-state index contributed by atoms with van der Waals surface area (Å²) in [5.41, 5.74) is 0.415. The van der Waals surface area contributed by atoms with Crippen molar-refractivity contribution in [1.82, 2.24) is 4.98 Å². The normalized spacial score (nSPS) is 12.0. The van der Waals surface area contributed by atoms with Crippen LogP contribution in [0.4, 0.5) is 5.69 Å². The predicted molar refractivity (Wildman–Crippen MR) is 58.8 cm³/mol. The zero-order chi connectivity index (χ0) is 11.4. The number of anilines is 1. The third-order valence-corrected chi connectivity index (χ3v) is 2.08. The summed E-state index contributed by atoms with van der Waals surface area (Å²) in [6.07, 6.45) is 0.477. The van der Waals surface area contributed by atoms with E-state index in [1.54, 1.807) is 12.3 Å². The molecule has 1 unspecified atom stereocenters.